The van der Waals surface area contributed by atoms with Crippen LogP contribution in [0, 0.1) is 11.8 Å². The quantitative estimate of drug-likeness (QED) is 0.523. The van der Waals surface area contributed by atoms with E-state index < -0.39 is 0 Å². The Labute approximate surface area is 81.9 Å². The molecule has 1 heterocycles. The summed E-state index contributed by atoms with van der Waals surface area (Å²) in [5.41, 5.74) is 0.208. The summed E-state index contributed by atoms with van der Waals surface area (Å²) in [5.74, 6) is 2.34. The van der Waals surface area contributed by atoms with Crippen molar-refractivity contribution in [2.75, 3.05) is 0 Å². The number of hydrogen-bond donors (Lipinski definition) is 0. The Morgan fingerprint density at radius 2 is 1.31 bits per heavy atom. The van der Waals surface area contributed by atoms with Gasteiger partial charge in [0.1, 0.15) is 0 Å². The molecule has 0 aromatic heterocycles. The fourth-order valence-electron chi connectivity index (χ4n) is 2.60. The molecule has 1 aliphatic heterocycles. The second kappa shape index (κ2) is 3.27. The van der Waals surface area contributed by atoms with Crippen molar-refractivity contribution in [2.45, 2.75) is 64.6 Å². The molecule has 1 heteroatoms. The van der Waals surface area contributed by atoms with E-state index in [1.54, 1.807) is 32.1 Å². The molecule has 3 rings (SSSR count). The van der Waals surface area contributed by atoms with E-state index in [4.69, 9.17) is 4.74 Å². The van der Waals surface area contributed by atoms with Gasteiger partial charge < -0.3 is 4.74 Å². The van der Waals surface area contributed by atoms with Gasteiger partial charge in [0.05, 0.1) is 11.7 Å². The highest BCUT2D eigenvalue weighted by molar-refractivity contribution is 4.90. The van der Waals surface area contributed by atoms with E-state index >= 15 is 0 Å². The average Bonchev–Trinajstić information content (AvgIpc) is 2.57. The number of epoxide rings is 1. The molecule has 0 aromatic carbocycles. The van der Waals surface area contributed by atoms with Crippen LogP contribution >= 0.6 is 0 Å². The molecule has 13 heavy (non-hydrogen) atoms. The summed E-state index contributed by atoms with van der Waals surface area (Å²) in [6.07, 6.45) is 8.32. The zero-order chi connectivity index (χ0) is 9.47. The van der Waals surface area contributed by atoms with Crippen LogP contribution in [-0.4, -0.2) is 11.7 Å². The van der Waals surface area contributed by atoms with E-state index in [0.717, 1.165) is 0 Å². The molecule has 0 radical (unpaired) electrons. The maximum absolute atomic E-state index is 5.10. The van der Waals surface area contributed by atoms with Gasteiger partial charge in [-0.1, -0.05) is 25.7 Å². The third kappa shape index (κ3) is 2.25. The van der Waals surface area contributed by atoms with Crippen molar-refractivity contribution in [3.8, 4) is 0 Å². The summed E-state index contributed by atoms with van der Waals surface area (Å²) in [6, 6.07) is 0. The van der Waals surface area contributed by atoms with E-state index in [2.05, 4.69) is 20.8 Å². The van der Waals surface area contributed by atoms with Crippen molar-refractivity contribution in [3.05, 3.63) is 0 Å². The van der Waals surface area contributed by atoms with Crippen molar-refractivity contribution >= 4 is 0 Å². The first-order valence-corrected chi connectivity index (χ1v) is 5.76. The fourth-order valence-corrected chi connectivity index (χ4v) is 2.60. The van der Waals surface area contributed by atoms with Gasteiger partial charge in [-0.15, -0.1) is 0 Å². The first kappa shape index (κ1) is 9.51. The molecule has 76 valence electrons. The van der Waals surface area contributed by atoms with Crippen molar-refractivity contribution in [2.24, 2.45) is 11.8 Å². The van der Waals surface area contributed by atoms with Gasteiger partial charge >= 0.3 is 0 Å². The molecule has 3 fully saturated rings. The maximum Gasteiger partial charge on any atom is 0.0889 e. The predicted octanol–water partition coefficient (Wildman–Crippen LogP) is 3.38. The van der Waals surface area contributed by atoms with Crippen LogP contribution in [-0.2, 0) is 4.74 Å². The van der Waals surface area contributed by atoms with Crippen LogP contribution in [0.5, 0.6) is 0 Å². The lowest BCUT2D eigenvalue weighted by atomic mass is 10.0. The predicted molar refractivity (Wildman–Crippen MR) is 54.7 cm³/mol. The van der Waals surface area contributed by atoms with Gasteiger partial charge in [-0.2, -0.15) is 0 Å². The molecule has 0 N–H and O–H groups in total. The van der Waals surface area contributed by atoms with Crippen LogP contribution in [0.2, 0.25) is 0 Å². The summed E-state index contributed by atoms with van der Waals surface area (Å²) in [4.78, 5) is 0. The van der Waals surface area contributed by atoms with Crippen LogP contribution in [0.15, 0.2) is 0 Å². The SMILES string of the molecule is C1CC2CCC1C2.CC1OC1(C)C. The van der Waals surface area contributed by atoms with E-state index in [-0.39, 0.29) is 5.60 Å². The maximum atomic E-state index is 5.10. The second-order valence-corrected chi connectivity index (χ2v) is 5.49. The van der Waals surface area contributed by atoms with Gasteiger partial charge in [-0.25, -0.2) is 0 Å². The Bertz CT molecular complexity index is 168. The van der Waals surface area contributed by atoms with Gasteiger partial charge in [0, 0.05) is 0 Å². The van der Waals surface area contributed by atoms with E-state index in [1.165, 1.54) is 11.8 Å². The summed E-state index contributed by atoms with van der Waals surface area (Å²) in [6.45, 7) is 6.27. The van der Waals surface area contributed by atoms with Crippen LogP contribution in [0.1, 0.15) is 52.9 Å². The Kier molecular flexibility index (Phi) is 2.39. The van der Waals surface area contributed by atoms with Crippen LogP contribution in [0.25, 0.3) is 0 Å². The highest BCUT2D eigenvalue weighted by atomic mass is 16.6. The monoisotopic (exact) mass is 182 g/mol. The second-order valence-electron chi connectivity index (χ2n) is 5.49. The summed E-state index contributed by atoms with van der Waals surface area (Å²) in [7, 11) is 0. The number of ether oxygens (including phenoxy) is 1. The summed E-state index contributed by atoms with van der Waals surface area (Å²) >= 11 is 0. The van der Waals surface area contributed by atoms with Crippen molar-refractivity contribution in [1.29, 1.82) is 0 Å². The minimum absolute atomic E-state index is 0.208. The number of fused-ring (bicyclic) bond motifs is 2. The van der Waals surface area contributed by atoms with Gasteiger partial charge in [0.15, 0.2) is 0 Å². The highest BCUT2D eigenvalue weighted by Gasteiger charge is 2.43. The Morgan fingerprint density at radius 3 is 1.38 bits per heavy atom. The fraction of sp³-hybridized carbons (Fsp3) is 1.00. The normalized spacial score (nSPS) is 44.1. The van der Waals surface area contributed by atoms with Gasteiger partial charge in [-0.3, -0.25) is 0 Å². The molecule has 2 bridgehead atoms. The minimum Gasteiger partial charge on any atom is -0.367 e. The van der Waals surface area contributed by atoms with Crippen LogP contribution in [0.3, 0.4) is 0 Å². The standard InChI is InChI=1S/C7H12.C5H10O/c1-2-7-4-3-6(1)5-7;1-4-5(2,3)6-4/h6-7H,1-5H2;4H,1-3H3. The Morgan fingerprint density at radius 1 is 1.00 bits per heavy atom. The molecule has 2 saturated carbocycles. The number of rotatable bonds is 0. The first-order valence-electron chi connectivity index (χ1n) is 5.76. The van der Waals surface area contributed by atoms with E-state index in [0.29, 0.717) is 6.10 Å². The average molecular weight is 182 g/mol. The molecule has 0 aromatic rings. The highest BCUT2D eigenvalue weighted by Crippen LogP contribution is 2.43. The molecule has 2 aliphatic carbocycles. The zero-order valence-electron chi connectivity index (χ0n) is 9.18. The van der Waals surface area contributed by atoms with Crippen molar-refractivity contribution < 1.29 is 4.74 Å². The van der Waals surface area contributed by atoms with Crippen molar-refractivity contribution in [1.82, 2.24) is 0 Å². The first-order chi connectivity index (χ1) is 6.08. The topological polar surface area (TPSA) is 12.5 Å². The minimum atomic E-state index is 0.208. The van der Waals surface area contributed by atoms with Gasteiger partial charge in [0.25, 0.3) is 0 Å². The summed E-state index contributed by atoms with van der Waals surface area (Å²) in [5, 5.41) is 0. The molecule has 1 saturated heterocycles. The molecule has 1 nitrogen and oxygen atoms in total. The smallest absolute Gasteiger partial charge is 0.0889 e. The largest absolute Gasteiger partial charge is 0.367 e. The third-order valence-electron chi connectivity index (χ3n) is 4.04. The lowest BCUT2D eigenvalue weighted by Crippen LogP contribution is -1.97. The molecule has 0 amide bonds. The zero-order valence-corrected chi connectivity index (χ0v) is 9.18. The van der Waals surface area contributed by atoms with Crippen LogP contribution < -0.4 is 0 Å². The molecule has 0 spiro atoms. The van der Waals surface area contributed by atoms with E-state index in [1.807, 2.05) is 0 Å². The Hall–Kier alpha value is -0.0400. The molecular formula is C12H22O. The number of hydrogen-bond acceptors (Lipinski definition) is 1. The van der Waals surface area contributed by atoms with E-state index in [9.17, 15) is 0 Å². The molecule has 1 atom stereocenters. The summed E-state index contributed by atoms with van der Waals surface area (Å²) < 4.78 is 5.10. The Balaban J connectivity index is 0.000000102. The third-order valence-corrected chi connectivity index (χ3v) is 4.04. The van der Waals surface area contributed by atoms with Gasteiger partial charge in [0.2, 0.25) is 0 Å². The molecular weight excluding hydrogens is 160 g/mol. The molecule has 3 aliphatic rings. The van der Waals surface area contributed by atoms with Crippen molar-refractivity contribution in [3.63, 3.8) is 0 Å². The molecule has 1 unspecified atom stereocenters. The lowest BCUT2D eigenvalue weighted by Gasteiger charge is -2.05. The lowest BCUT2D eigenvalue weighted by molar-refractivity contribution is 0.328. The van der Waals surface area contributed by atoms with Gasteiger partial charge in [-0.05, 0) is 39.0 Å². The van der Waals surface area contributed by atoms with Crippen LogP contribution in [0.4, 0.5) is 0 Å².